The summed E-state index contributed by atoms with van der Waals surface area (Å²) in [5, 5.41) is 3.26. The normalized spacial score (nSPS) is 19.1. The first-order chi connectivity index (χ1) is 9.63. The maximum atomic E-state index is 12.6. The molecule has 4 heteroatoms. The molecular weight excluding hydrogens is 250 g/mol. The van der Waals surface area contributed by atoms with Crippen molar-refractivity contribution < 1.29 is 4.79 Å². The van der Waals surface area contributed by atoms with Crippen LogP contribution in [0.5, 0.6) is 0 Å². The third kappa shape index (κ3) is 3.31. The van der Waals surface area contributed by atoms with Crippen LogP contribution in [-0.2, 0) is 0 Å². The molecule has 2 rings (SSSR count). The molecule has 1 aliphatic heterocycles. The molecule has 1 unspecified atom stereocenters. The molecule has 4 nitrogen and oxygen atoms in total. The number of hydrogen-bond acceptors (Lipinski definition) is 3. The van der Waals surface area contributed by atoms with Crippen molar-refractivity contribution in [2.45, 2.75) is 25.8 Å². The van der Waals surface area contributed by atoms with E-state index in [9.17, 15) is 4.79 Å². The summed E-state index contributed by atoms with van der Waals surface area (Å²) in [7, 11) is 4.04. The van der Waals surface area contributed by atoms with Crippen LogP contribution in [0.4, 0.5) is 5.69 Å². The zero-order valence-corrected chi connectivity index (χ0v) is 12.7. The van der Waals surface area contributed by atoms with E-state index in [4.69, 9.17) is 0 Å². The van der Waals surface area contributed by atoms with Crippen LogP contribution in [0.25, 0.3) is 0 Å². The fraction of sp³-hybridized carbons (Fsp3) is 0.562. The lowest BCUT2D eigenvalue weighted by atomic mass is 10.1. The molecule has 20 heavy (non-hydrogen) atoms. The summed E-state index contributed by atoms with van der Waals surface area (Å²) in [4.78, 5) is 16.8. The number of rotatable bonds is 5. The molecular formula is C16H25N3O. The first-order valence-electron chi connectivity index (χ1n) is 7.42. The fourth-order valence-electron chi connectivity index (χ4n) is 2.83. The van der Waals surface area contributed by atoms with E-state index in [1.807, 2.05) is 43.1 Å². The third-order valence-electron chi connectivity index (χ3n) is 4.03. The van der Waals surface area contributed by atoms with Crippen LogP contribution in [0, 0.1) is 0 Å². The number of benzene rings is 1. The van der Waals surface area contributed by atoms with Crippen molar-refractivity contribution in [3.63, 3.8) is 0 Å². The standard InChI is InChI=1S/C16H25N3O/c1-4-17-15-10-6-5-9-14(15)16(20)19(3)12-13-8-7-11-18(13)2/h5-6,9-10,13,17H,4,7-8,11-12H2,1-3H3. The van der Waals surface area contributed by atoms with Crippen molar-refractivity contribution in [3.8, 4) is 0 Å². The van der Waals surface area contributed by atoms with Crippen LogP contribution in [-0.4, -0.2) is 55.5 Å². The Kier molecular flexibility index (Phi) is 5.01. The van der Waals surface area contributed by atoms with E-state index in [0.29, 0.717) is 6.04 Å². The van der Waals surface area contributed by atoms with Crippen molar-refractivity contribution in [1.29, 1.82) is 0 Å². The topological polar surface area (TPSA) is 35.6 Å². The Morgan fingerprint density at radius 2 is 2.20 bits per heavy atom. The number of carbonyl (C=O) groups excluding carboxylic acids is 1. The van der Waals surface area contributed by atoms with Crippen LogP contribution >= 0.6 is 0 Å². The minimum atomic E-state index is 0.0989. The van der Waals surface area contributed by atoms with Crippen molar-refractivity contribution in [2.75, 3.05) is 39.0 Å². The molecule has 0 aromatic heterocycles. The van der Waals surface area contributed by atoms with Gasteiger partial charge in [0.25, 0.3) is 5.91 Å². The minimum absolute atomic E-state index is 0.0989. The van der Waals surface area contributed by atoms with E-state index >= 15 is 0 Å². The summed E-state index contributed by atoms with van der Waals surface area (Å²) in [6, 6.07) is 8.24. The summed E-state index contributed by atoms with van der Waals surface area (Å²) in [5.74, 6) is 0.0989. The summed E-state index contributed by atoms with van der Waals surface area (Å²) in [5.41, 5.74) is 1.68. The van der Waals surface area contributed by atoms with Gasteiger partial charge in [-0.15, -0.1) is 0 Å². The van der Waals surface area contributed by atoms with Crippen LogP contribution in [0.3, 0.4) is 0 Å². The van der Waals surface area contributed by atoms with Gasteiger partial charge in [0.05, 0.1) is 5.56 Å². The second-order valence-electron chi connectivity index (χ2n) is 5.54. The molecule has 1 atom stereocenters. The number of hydrogen-bond donors (Lipinski definition) is 1. The summed E-state index contributed by atoms with van der Waals surface area (Å²) in [6.07, 6.45) is 2.42. The molecule has 1 aliphatic rings. The Balaban J connectivity index is 2.06. The van der Waals surface area contributed by atoms with Crippen molar-refractivity contribution in [2.24, 2.45) is 0 Å². The molecule has 1 saturated heterocycles. The lowest BCUT2D eigenvalue weighted by Gasteiger charge is -2.26. The van der Waals surface area contributed by atoms with Crippen LogP contribution in [0.15, 0.2) is 24.3 Å². The number of anilines is 1. The lowest BCUT2D eigenvalue weighted by Crippen LogP contribution is -2.39. The summed E-state index contributed by atoms with van der Waals surface area (Å²) >= 11 is 0. The number of amides is 1. The van der Waals surface area contributed by atoms with E-state index in [2.05, 4.69) is 17.3 Å². The van der Waals surface area contributed by atoms with E-state index in [0.717, 1.165) is 30.9 Å². The van der Waals surface area contributed by atoms with Gasteiger partial charge in [-0.1, -0.05) is 12.1 Å². The van der Waals surface area contributed by atoms with Gasteiger partial charge in [0.2, 0.25) is 0 Å². The van der Waals surface area contributed by atoms with E-state index in [-0.39, 0.29) is 5.91 Å². The average molecular weight is 275 g/mol. The van der Waals surface area contributed by atoms with Gasteiger partial charge in [0.1, 0.15) is 0 Å². The van der Waals surface area contributed by atoms with Crippen LogP contribution in [0.2, 0.25) is 0 Å². The molecule has 1 aromatic carbocycles. The van der Waals surface area contributed by atoms with E-state index < -0.39 is 0 Å². The molecule has 0 aliphatic carbocycles. The Hall–Kier alpha value is -1.55. The zero-order valence-electron chi connectivity index (χ0n) is 12.7. The maximum Gasteiger partial charge on any atom is 0.255 e. The van der Waals surface area contributed by atoms with Gasteiger partial charge in [0, 0.05) is 31.9 Å². The first-order valence-corrected chi connectivity index (χ1v) is 7.42. The van der Waals surface area contributed by atoms with Gasteiger partial charge in [-0.2, -0.15) is 0 Å². The minimum Gasteiger partial charge on any atom is -0.385 e. The molecule has 1 amide bonds. The monoisotopic (exact) mass is 275 g/mol. The summed E-state index contributed by atoms with van der Waals surface area (Å²) in [6.45, 7) is 4.80. The predicted octanol–water partition coefficient (Wildman–Crippen LogP) is 2.28. The number of likely N-dealkylation sites (N-methyl/N-ethyl adjacent to an activating group) is 2. The van der Waals surface area contributed by atoms with Crippen molar-refractivity contribution in [1.82, 2.24) is 9.80 Å². The van der Waals surface area contributed by atoms with Gasteiger partial charge in [-0.3, -0.25) is 4.79 Å². The highest BCUT2D eigenvalue weighted by molar-refractivity contribution is 5.99. The van der Waals surface area contributed by atoms with Gasteiger partial charge in [-0.05, 0) is 45.5 Å². The first kappa shape index (κ1) is 14.9. The third-order valence-corrected chi connectivity index (χ3v) is 4.03. The summed E-state index contributed by atoms with van der Waals surface area (Å²) < 4.78 is 0. The fourth-order valence-corrected chi connectivity index (χ4v) is 2.83. The highest BCUT2D eigenvalue weighted by atomic mass is 16.2. The smallest absolute Gasteiger partial charge is 0.255 e. The van der Waals surface area contributed by atoms with Gasteiger partial charge >= 0.3 is 0 Å². The lowest BCUT2D eigenvalue weighted by molar-refractivity contribution is 0.0762. The van der Waals surface area contributed by atoms with E-state index in [1.54, 1.807) is 0 Å². The van der Waals surface area contributed by atoms with Crippen LogP contribution < -0.4 is 5.32 Å². The van der Waals surface area contributed by atoms with Gasteiger partial charge in [-0.25, -0.2) is 0 Å². The second kappa shape index (κ2) is 6.75. The Morgan fingerprint density at radius 3 is 2.85 bits per heavy atom. The van der Waals surface area contributed by atoms with Gasteiger partial charge < -0.3 is 15.1 Å². The van der Waals surface area contributed by atoms with Crippen molar-refractivity contribution >= 4 is 11.6 Å². The Labute approximate surface area is 121 Å². The molecule has 0 bridgehead atoms. The number of nitrogens with zero attached hydrogens (tertiary/aromatic N) is 2. The molecule has 0 spiro atoms. The maximum absolute atomic E-state index is 12.6. The average Bonchev–Trinajstić information content (AvgIpc) is 2.84. The Bertz CT molecular complexity index is 461. The molecule has 1 heterocycles. The number of likely N-dealkylation sites (tertiary alicyclic amines) is 1. The van der Waals surface area contributed by atoms with E-state index in [1.165, 1.54) is 12.8 Å². The molecule has 1 fully saturated rings. The largest absolute Gasteiger partial charge is 0.385 e. The molecule has 1 aromatic rings. The van der Waals surface area contributed by atoms with Crippen molar-refractivity contribution in [3.05, 3.63) is 29.8 Å². The zero-order chi connectivity index (χ0) is 14.5. The number of nitrogens with one attached hydrogen (secondary N) is 1. The predicted molar refractivity (Wildman–Crippen MR) is 83.2 cm³/mol. The highest BCUT2D eigenvalue weighted by Gasteiger charge is 2.24. The highest BCUT2D eigenvalue weighted by Crippen LogP contribution is 2.19. The SMILES string of the molecule is CCNc1ccccc1C(=O)N(C)CC1CCCN1C. The molecule has 0 radical (unpaired) electrons. The molecule has 0 saturated carbocycles. The number of para-hydroxylation sites is 1. The Morgan fingerprint density at radius 1 is 1.45 bits per heavy atom. The second-order valence-corrected chi connectivity index (χ2v) is 5.54. The van der Waals surface area contributed by atoms with Crippen LogP contribution in [0.1, 0.15) is 30.1 Å². The number of carbonyl (C=O) groups is 1. The van der Waals surface area contributed by atoms with Gasteiger partial charge in [0.15, 0.2) is 0 Å². The quantitative estimate of drug-likeness (QED) is 0.895. The molecule has 110 valence electrons. The molecule has 1 N–H and O–H groups in total.